The molecule has 3 N–H and O–H groups in total. The maximum Gasteiger partial charge on any atom is 0.111 e. The van der Waals surface area contributed by atoms with E-state index < -0.39 is 0 Å². The molecule has 2 aliphatic heterocycles. The minimum Gasteiger partial charge on any atom is -0.497 e. The lowest BCUT2D eigenvalue weighted by atomic mass is 9.98. The van der Waals surface area contributed by atoms with Crippen molar-refractivity contribution < 1.29 is 4.74 Å². The molecule has 0 aromatic heterocycles. The average molecular weight is 188 g/mol. The molecule has 0 amide bonds. The number of hydrogen-bond donors (Lipinski definition) is 2. The fourth-order valence-electron chi connectivity index (χ4n) is 2.23. The average Bonchev–Trinajstić information content (AvgIpc) is 2.39. The zero-order valence-electron chi connectivity index (χ0n) is 7.79. The monoisotopic (exact) mass is 188 g/mol. The lowest BCUT2D eigenvalue weighted by Crippen LogP contribution is -2.21. The highest BCUT2D eigenvalue weighted by atomic mass is 16.5. The summed E-state index contributed by atoms with van der Waals surface area (Å²) in [7, 11) is 0. The fourth-order valence-corrected chi connectivity index (χ4v) is 2.23. The largest absolute Gasteiger partial charge is 0.497 e. The predicted molar refractivity (Wildman–Crippen MR) is 54.0 cm³/mol. The molecule has 14 heavy (non-hydrogen) atoms. The Hall–Kier alpha value is -1.48. The number of dihydropyridines is 1. The van der Waals surface area contributed by atoms with E-state index in [1.54, 1.807) is 6.26 Å². The lowest BCUT2D eigenvalue weighted by molar-refractivity contribution is 0.276. The first-order valence-electron chi connectivity index (χ1n) is 4.79. The van der Waals surface area contributed by atoms with Gasteiger partial charge in [0, 0.05) is 24.0 Å². The van der Waals surface area contributed by atoms with Gasteiger partial charge in [-0.15, -0.1) is 0 Å². The van der Waals surface area contributed by atoms with E-state index in [-0.39, 0.29) is 6.04 Å². The van der Waals surface area contributed by atoms with Crippen LogP contribution >= 0.6 is 0 Å². The third-order valence-corrected chi connectivity index (χ3v) is 2.90. The first-order valence-corrected chi connectivity index (χ1v) is 4.79. The van der Waals surface area contributed by atoms with Crippen LogP contribution in [-0.4, -0.2) is 12.6 Å². The molecular formula is C11H12N2O. The van der Waals surface area contributed by atoms with Gasteiger partial charge in [-0.25, -0.2) is 0 Å². The zero-order valence-corrected chi connectivity index (χ0v) is 7.79. The number of ether oxygens (including phenoxy) is 1. The number of nitrogens with one attached hydrogen (secondary N) is 1. The topological polar surface area (TPSA) is 47.3 Å². The highest BCUT2D eigenvalue weighted by Gasteiger charge is 2.30. The van der Waals surface area contributed by atoms with Gasteiger partial charge in [0.15, 0.2) is 0 Å². The van der Waals surface area contributed by atoms with Crippen molar-refractivity contribution >= 4 is 0 Å². The van der Waals surface area contributed by atoms with Gasteiger partial charge in [-0.2, -0.15) is 0 Å². The Labute approximate surface area is 82.6 Å². The standard InChI is InChI=1S/C11H12N2O/c12-10-3-8-5-13-4-7-1-2-14-6-9(10)11(7)8/h1-2,4-5,10,13H,3,6,12H2/t10-/m1/s1. The Kier molecular flexibility index (Phi) is 1.55. The second-order valence-electron chi connectivity index (χ2n) is 3.76. The van der Waals surface area contributed by atoms with Gasteiger partial charge < -0.3 is 15.8 Å². The van der Waals surface area contributed by atoms with Crippen LogP contribution in [0.1, 0.15) is 6.42 Å². The Bertz CT molecular complexity index is 402. The van der Waals surface area contributed by atoms with Crippen molar-refractivity contribution in [3.05, 3.63) is 47.0 Å². The number of nitrogens with two attached hydrogens (primary N) is 1. The van der Waals surface area contributed by atoms with E-state index in [0.717, 1.165) is 6.42 Å². The summed E-state index contributed by atoms with van der Waals surface area (Å²) in [6.07, 6.45) is 8.67. The van der Waals surface area contributed by atoms with E-state index in [9.17, 15) is 0 Å². The van der Waals surface area contributed by atoms with E-state index in [2.05, 4.69) is 5.32 Å². The van der Waals surface area contributed by atoms with Gasteiger partial charge in [0.25, 0.3) is 0 Å². The summed E-state index contributed by atoms with van der Waals surface area (Å²) in [4.78, 5) is 0. The van der Waals surface area contributed by atoms with Gasteiger partial charge in [-0.1, -0.05) is 0 Å². The molecule has 3 nitrogen and oxygen atoms in total. The summed E-state index contributed by atoms with van der Waals surface area (Å²) in [5, 5.41) is 3.14. The molecule has 0 saturated heterocycles. The van der Waals surface area contributed by atoms with Crippen molar-refractivity contribution in [3.63, 3.8) is 0 Å². The lowest BCUT2D eigenvalue weighted by Gasteiger charge is -2.12. The highest BCUT2D eigenvalue weighted by Crippen LogP contribution is 2.38. The van der Waals surface area contributed by atoms with Crippen LogP contribution in [0.15, 0.2) is 47.0 Å². The summed E-state index contributed by atoms with van der Waals surface area (Å²) in [5.41, 5.74) is 11.1. The SMILES string of the molecule is N[C@@H]1CC2=CNC=C3C=COCC1=C32. The molecule has 0 aromatic carbocycles. The second-order valence-corrected chi connectivity index (χ2v) is 3.76. The third-order valence-electron chi connectivity index (χ3n) is 2.90. The molecule has 3 rings (SSSR count). The summed E-state index contributed by atoms with van der Waals surface area (Å²) in [6.45, 7) is 0.627. The minimum absolute atomic E-state index is 0.124. The first kappa shape index (κ1) is 7.88. The van der Waals surface area contributed by atoms with E-state index in [1.165, 1.54) is 22.3 Å². The molecule has 0 aromatic rings. The summed E-state index contributed by atoms with van der Waals surface area (Å²) >= 11 is 0. The van der Waals surface area contributed by atoms with E-state index in [4.69, 9.17) is 10.5 Å². The molecule has 0 spiro atoms. The van der Waals surface area contributed by atoms with E-state index in [1.807, 2.05) is 18.5 Å². The van der Waals surface area contributed by atoms with Gasteiger partial charge in [-0.3, -0.25) is 0 Å². The molecule has 1 aliphatic carbocycles. The summed E-state index contributed by atoms with van der Waals surface area (Å²) < 4.78 is 5.37. The van der Waals surface area contributed by atoms with Gasteiger partial charge in [0.1, 0.15) is 6.61 Å². The smallest absolute Gasteiger partial charge is 0.111 e. The van der Waals surface area contributed by atoms with Crippen molar-refractivity contribution in [2.45, 2.75) is 12.5 Å². The third kappa shape index (κ3) is 0.960. The van der Waals surface area contributed by atoms with Crippen LogP contribution in [0.4, 0.5) is 0 Å². The molecule has 0 saturated carbocycles. The van der Waals surface area contributed by atoms with Gasteiger partial charge >= 0.3 is 0 Å². The Balaban J connectivity index is 2.17. The van der Waals surface area contributed by atoms with Crippen LogP contribution in [0, 0.1) is 0 Å². The molecular weight excluding hydrogens is 176 g/mol. The molecule has 0 bridgehead atoms. The van der Waals surface area contributed by atoms with Gasteiger partial charge in [0.2, 0.25) is 0 Å². The highest BCUT2D eigenvalue weighted by molar-refractivity contribution is 5.61. The van der Waals surface area contributed by atoms with Crippen molar-refractivity contribution in [3.8, 4) is 0 Å². The molecule has 3 aliphatic rings. The Morgan fingerprint density at radius 2 is 2.36 bits per heavy atom. The molecule has 0 fully saturated rings. The minimum atomic E-state index is 0.124. The van der Waals surface area contributed by atoms with Crippen molar-refractivity contribution in [2.24, 2.45) is 5.73 Å². The predicted octanol–water partition coefficient (Wildman–Crippen LogP) is 0.929. The quantitative estimate of drug-likeness (QED) is 0.594. The van der Waals surface area contributed by atoms with Crippen LogP contribution in [0.2, 0.25) is 0 Å². The van der Waals surface area contributed by atoms with E-state index in [0.29, 0.717) is 6.61 Å². The number of rotatable bonds is 0. The van der Waals surface area contributed by atoms with Crippen LogP contribution in [0.25, 0.3) is 0 Å². The van der Waals surface area contributed by atoms with Gasteiger partial charge in [0.05, 0.1) is 6.26 Å². The van der Waals surface area contributed by atoms with Crippen LogP contribution in [-0.2, 0) is 4.74 Å². The van der Waals surface area contributed by atoms with Crippen LogP contribution < -0.4 is 11.1 Å². The Morgan fingerprint density at radius 3 is 3.29 bits per heavy atom. The van der Waals surface area contributed by atoms with Crippen molar-refractivity contribution in [1.29, 1.82) is 0 Å². The molecule has 0 unspecified atom stereocenters. The van der Waals surface area contributed by atoms with E-state index >= 15 is 0 Å². The first-order chi connectivity index (χ1) is 6.86. The number of hydrogen-bond acceptors (Lipinski definition) is 3. The van der Waals surface area contributed by atoms with Crippen molar-refractivity contribution in [2.75, 3.05) is 6.61 Å². The molecule has 2 heterocycles. The van der Waals surface area contributed by atoms with Crippen LogP contribution in [0.3, 0.4) is 0 Å². The van der Waals surface area contributed by atoms with Crippen LogP contribution in [0.5, 0.6) is 0 Å². The summed E-state index contributed by atoms with van der Waals surface area (Å²) in [5.74, 6) is 0. The molecule has 1 atom stereocenters. The maximum absolute atomic E-state index is 6.05. The zero-order chi connectivity index (χ0) is 9.54. The fraction of sp³-hybridized carbons (Fsp3) is 0.273. The second kappa shape index (κ2) is 2.75. The molecule has 3 heteroatoms. The van der Waals surface area contributed by atoms with Gasteiger partial charge in [-0.05, 0) is 29.2 Å². The Morgan fingerprint density at radius 1 is 1.43 bits per heavy atom. The number of allylic oxidation sites excluding steroid dienone is 3. The summed E-state index contributed by atoms with van der Waals surface area (Å²) in [6, 6.07) is 0.124. The van der Waals surface area contributed by atoms with Crippen molar-refractivity contribution in [1.82, 2.24) is 5.32 Å². The molecule has 0 radical (unpaired) electrons. The molecule has 72 valence electrons. The normalized spacial score (nSPS) is 28.5. The maximum atomic E-state index is 6.05.